The first-order valence-electron chi connectivity index (χ1n) is 4.84. The summed E-state index contributed by atoms with van der Waals surface area (Å²) in [6.45, 7) is 0. The molecule has 0 spiro atoms. The van der Waals surface area contributed by atoms with Gasteiger partial charge in [-0.05, 0) is 17.7 Å². The molecule has 0 saturated carbocycles. The van der Waals surface area contributed by atoms with Crippen LogP contribution < -0.4 is 5.73 Å². The van der Waals surface area contributed by atoms with Crippen LogP contribution in [0.4, 0.5) is 5.00 Å². The first kappa shape index (κ1) is 12.1. The van der Waals surface area contributed by atoms with E-state index in [1.54, 1.807) is 0 Å². The van der Waals surface area contributed by atoms with E-state index in [-0.39, 0.29) is 0 Å². The highest BCUT2D eigenvalue weighted by molar-refractivity contribution is 9.10. The SMILES string of the molecule is COC(=O)c1c(-c2cccc(Br)c2)csc1N. The van der Waals surface area contributed by atoms with Crippen molar-refractivity contribution < 1.29 is 9.53 Å². The van der Waals surface area contributed by atoms with Crippen molar-refractivity contribution in [1.82, 2.24) is 0 Å². The van der Waals surface area contributed by atoms with E-state index < -0.39 is 5.97 Å². The zero-order valence-electron chi connectivity index (χ0n) is 9.07. The molecule has 0 radical (unpaired) electrons. The van der Waals surface area contributed by atoms with Crippen molar-refractivity contribution >= 4 is 38.2 Å². The second-order valence-electron chi connectivity index (χ2n) is 3.39. The lowest BCUT2D eigenvalue weighted by molar-refractivity contribution is 0.0603. The predicted octanol–water partition coefficient (Wildman–Crippen LogP) is 3.55. The number of thiophene rings is 1. The monoisotopic (exact) mass is 311 g/mol. The van der Waals surface area contributed by atoms with Crippen LogP contribution >= 0.6 is 27.3 Å². The number of carbonyl (C=O) groups is 1. The topological polar surface area (TPSA) is 52.3 Å². The Kier molecular flexibility index (Phi) is 3.49. The van der Waals surface area contributed by atoms with Crippen LogP contribution in [0.1, 0.15) is 10.4 Å². The Balaban J connectivity index is 2.57. The van der Waals surface area contributed by atoms with Gasteiger partial charge in [-0.3, -0.25) is 0 Å². The third-order valence-electron chi connectivity index (χ3n) is 2.34. The number of anilines is 1. The maximum absolute atomic E-state index is 11.7. The minimum atomic E-state index is -0.404. The molecule has 2 aromatic rings. The molecule has 1 aromatic carbocycles. The van der Waals surface area contributed by atoms with Crippen molar-refractivity contribution in [2.75, 3.05) is 12.8 Å². The number of rotatable bonds is 2. The second kappa shape index (κ2) is 4.89. The standard InChI is InChI=1S/C12H10BrNO2S/c1-16-12(15)10-9(6-17-11(10)14)7-3-2-4-8(13)5-7/h2-6H,14H2,1H3. The first-order chi connectivity index (χ1) is 8.13. The van der Waals surface area contributed by atoms with Gasteiger partial charge in [0.25, 0.3) is 0 Å². The van der Waals surface area contributed by atoms with Gasteiger partial charge >= 0.3 is 5.97 Å². The molecule has 2 N–H and O–H groups in total. The molecule has 0 amide bonds. The smallest absolute Gasteiger partial charge is 0.341 e. The molecule has 0 aliphatic carbocycles. The lowest BCUT2D eigenvalue weighted by atomic mass is 10.0. The number of esters is 1. The molecule has 0 bridgehead atoms. The minimum Gasteiger partial charge on any atom is -0.465 e. The summed E-state index contributed by atoms with van der Waals surface area (Å²) in [5, 5.41) is 2.34. The summed E-state index contributed by atoms with van der Waals surface area (Å²) >= 11 is 4.74. The normalized spacial score (nSPS) is 10.2. The molecule has 3 nitrogen and oxygen atoms in total. The molecule has 2 rings (SSSR count). The van der Waals surface area contributed by atoms with Gasteiger partial charge in [0, 0.05) is 15.4 Å². The van der Waals surface area contributed by atoms with Gasteiger partial charge in [-0.1, -0.05) is 28.1 Å². The van der Waals surface area contributed by atoms with Crippen molar-refractivity contribution in [2.24, 2.45) is 0 Å². The Morgan fingerprint density at radius 1 is 1.47 bits per heavy atom. The summed E-state index contributed by atoms with van der Waals surface area (Å²) in [4.78, 5) is 11.7. The zero-order valence-corrected chi connectivity index (χ0v) is 11.5. The van der Waals surface area contributed by atoms with Gasteiger partial charge in [0.1, 0.15) is 10.6 Å². The first-order valence-corrected chi connectivity index (χ1v) is 6.52. The Hall–Kier alpha value is -1.33. The highest BCUT2D eigenvalue weighted by Gasteiger charge is 2.19. The molecule has 0 atom stereocenters. The molecule has 1 aromatic heterocycles. The molecule has 5 heteroatoms. The minimum absolute atomic E-state index is 0.404. The van der Waals surface area contributed by atoms with Gasteiger partial charge in [-0.25, -0.2) is 4.79 Å². The number of hydrogen-bond donors (Lipinski definition) is 1. The molecule has 17 heavy (non-hydrogen) atoms. The fraction of sp³-hybridized carbons (Fsp3) is 0.0833. The Morgan fingerprint density at radius 3 is 2.88 bits per heavy atom. The fourth-order valence-electron chi connectivity index (χ4n) is 1.55. The maximum Gasteiger partial charge on any atom is 0.341 e. The third kappa shape index (κ3) is 2.35. The summed E-state index contributed by atoms with van der Waals surface area (Å²) in [5.74, 6) is -0.404. The number of methoxy groups -OCH3 is 1. The van der Waals surface area contributed by atoms with Crippen LogP contribution in [0.25, 0.3) is 11.1 Å². The van der Waals surface area contributed by atoms with Gasteiger partial charge in [0.05, 0.1) is 7.11 Å². The summed E-state index contributed by atoms with van der Waals surface area (Å²) in [6, 6.07) is 7.71. The van der Waals surface area contributed by atoms with E-state index in [4.69, 9.17) is 10.5 Å². The molecular weight excluding hydrogens is 302 g/mol. The van der Waals surface area contributed by atoms with Gasteiger partial charge in [0.2, 0.25) is 0 Å². The average Bonchev–Trinajstić information content (AvgIpc) is 2.70. The lowest BCUT2D eigenvalue weighted by Crippen LogP contribution is -2.04. The molecule has 0 fully saturated rings. The number of nitrogens with two attached hydrogens (primary N) is 1. The fourth-order valence-corrected chi connectivity index (χ4v) is 2.76. The van der Waals surface area contributed by atoms with Crippen LogP contribution in [0, 0.1) is 0 Å². The molecule has 0 unspecified atom stereocenters. The Bertz CT molecular complexity index is 565. The van der Waals surface area contributed by atoms with Crippen molar-refractivity contribution in [1.29, 1.82) is 0 Å². The summed E-state index contributed by atoms with van der Waals surface area (Å²) in [5.41, 5.74) is 7.98. The van der Waals surface area contributed by atoms with Gasteiger partial charge in [-0.2, -0.15) is 0 Å². The van der Waals surface area contributed by atoms with Crippen molar-refractivity contribution in [2.45, 2.75) is 0 Å². The van der Waals surface area contributed by atoms with E-state index in [0.717, 1.165) is 15.6 Å². The van der Waals surface area contributed by atoms with Crippen LogP contribution in [0.3, 0.4) is 0 Å². The molecule has 0 aliphatic rings. The maximum atomic E-state index is 11.7. The summed E-state index contributed by atoms with van der Waals surface area (Å²) < 4.78 is 5.70. The second-order valence-corrected chi connectivity index (χ2v) is 5.22. The number of hydrogen-bond acceptors (Lipinski definition) is 4. The van der Waals surface area contributed by atoms with Gasteiger partial charge < -0.3 is 10.5 Å². The van der Waals surface area contributed by atoms with Gasteiger partial charge in [-0.15, -0.1) is 11.3 Å². The van der Waals surface area contributed by atoms with Crippen LogP contribution in [0.15, 0.2) is 34.1 Å². The molecule has 88 valence electrons. The van der Waals surface area contributed by atoms with Crippen molar-refractivity contribution in [3.8, 4) is 11.1 Å². The lowest BCUT2D eigenvalue weighted by Gasteiger charge is -2.04. The van der Waals surface area contributed by atoms with E-state index in [2.05, 4.69) is 15.9 Å². The van der Waals surface area contributed by atoms with Crippen LogP contribution in [-0.4, -0.2) is 13.1 Å². The molecular formula is C12H10BrNO2S. The summed E-state index contributed by atoms with van der Waals surface area (Å²) in [7, 11) is 1.35. The molecule has 0 saturated heterocycles. The number of carbonyl (C=O) groups excluding carboxylic acids is 1. The van der Waals surface area contributed by atoms with Crippen LogP contribution in [0.5, 0.6) is 0 Å². The van der Waals surface area contributed by atoms with E-state index in [1.165, 1.54) is 18.4 Å². The van der Waals surface area contributed by atoms with Crippen LogP contribution in [0.2, 0.25) is 0 Å². The van der Waals surface area contributed by atoms with E-state index in [9.17, 15) is 4.79 Å². The molecule has 0 aliphatic heterocycles. The van der Waals surface area contributed by atoms with Gasteiger partial charge in [0.15, 0.2) is 0 Å². The van der Waals surface area contributed by atoms with Crippen molar-refractivity contribution in [3.05, 3.63) is 39.7 Å². The van der Waals surface area contributed by atoms with E-state index >= 15 is 0 Å². The zero-order chi connectivity index (χ0) is 12.4. The highest BCUT2D eigenvalue weighted by Crippen LogP contribution is 2.34. The molecule has 1 heterocycles. The predicted molar refractivity (Wildman–Crippen MR) is 73.2 cm³/mol. The summed E-state index contributed by atoms with van der Waals surface area (Å²) in [6.07, 6.45) is 0. The van der Waals surface area contributed by atoms with E-state index in [1.807, 2.05) is 29.6 Å². The number of nitrogen functional groups attached to an aromatic ring is 1. The Morgan fingerprint density at radius 2 is 2.24 bits per heavy atom. The number of halogens is 1. The third-order valence-corrected chi connectivity index (χ3v) is 3.65. The number of ether oxygens (including phenoxy) is 1. The highest BCUT2D eigenvalue weighted by atomic mass is 79.9. The Labute approximate surface area is 111 Å². The largest absolute Gasteiger partial charge is 0.465 e. The quantitative estimate of drug-likeness (QED) is 0.863. The van der Waals surface area contributed by atoms with Crippen molar-refractivity contribution in [3.63, 3.8) is 0 Å². The van der Waals surface area contributed by atoms with E-state index in [0.29, 0.717) is 10.6 Å². The average molecular weight is 312 g/mol. The van der Waals surface area contributed by atoms with Crippen LogP contribution in [-0.2, 0) is 4.74 Å². The number of benzene rings is 1.